The van der Waals surface area contributed by atoms with Gasteiger partial charge in [0.25, 0.3) is 0 Å². The first kappa shape index (κ1) is 10.7. The Balaban J connectivity index is 1.89. The van der Waals surface area contributed by atoms with Gasteiger partial charge in [0, 0.05) is 31.0 Å². The Morgan fingerprint density at radius 1 is 1.27 bits per heavy atom. The first-order valence-corrected chi connectivity index (χ1v) is 6.18. The third kappa shape index (κ3) is 2.43. The van der Waals surface area contributed by atoms with Crippen LogP contribution in [0.2, 0.25) is 0 Å². The summed E-state index contributed by atoms with van der Waals surface area (Å²) in [6, 6.07) is 5.26. The highest BCUT2D eigenvalue weighted by molar-refractivity contribution is 5.15. The molecule has 1 aliphatic rings. The molecule has 1 heterocycles. The summed E-state index contributed by atoms with van der Waals surface area (Å²) in [7, 11) is 2.17. The highest BCUT2D eigenvalue weighted by Gasteiger charge is 2.14. The van der Waals surface area contributed by atoms with Crippen LogP contribution in [0.5, 0.6) is 0 Å². The molecule has 0 spiro atoms. The van der Waals surface area contributed by atoms with Crippen molar-refractivity contribution in [3.05, 3.63) is 23.5 Å². The largest absolute Gasteiger partial charge is 0.350 e. The van der Waals surface area contributed by atoms with Gasteiger partial charge in [0.05, 0.1) is 0 Å². The molecule has 2 nitrogen and oxygen atoms in total. The van der Waals surface area contributed by atoms with Crippen molar-refractivity contribution < 1.29 is 0 Å². The van der Waals surface area contributed by atoms with E-state index in [1.165, 1.54) is 37.1 Å². The maximum atomic E-state index is 3.66. The molecule has 1 aromatic rings. The summed E-state index contributed by atoms with van der Waals surface area (Å²) < 4.78 is 2.32. The third-order valence-corrected chi connectivity index (χ3v) is 3.62. The first-order valence-electron chi connectivity index (χ1n) is 6.18. The number of nitrogens with zero attached hydrogens (tertiary/aromatic N) is 1. The molecule has 0 unspecified atom stereocenters. The van der Waals surface area contributed by atoms with E-state index in [1.54, 1.807) is 0 Å². The molecule has 1 N–H and O–H groups in total. The number of hydrogen-bond donors (Lipinski definition) is 1. The lowest BCUT2D eigenvalue weighted by atomic mass is 10.2. The second-order valence-electron chi connectivity index (χ2n) is 4.59. The molecule has 0 saturated heterocycles. The van der Waals surface area contributed by atoms with Gasteiger partial charge in [-0.3, -0.25) is 0 Å². The molecular formula is C13H22N2. The molecule has 0 radical (unpaired) electrons. The molecule has 1 fully saturated rings. The summed E-state index contributed by atoms with van der Waals surface area (Å²) in [5, 5.41) is 3.66. The lowest BCUT2D eigenvalue weighted by molar-refractivity contribution is 0.512. The molecule has 0 amide bonds. The molecule has 15 heavy (non-hydrogen) atoms. The van der Waals surface area contributed by atoms with E-state index in [9.17, 15) is 0 Å². The monoisotopic (exact) mass is 206 g/mol. The molecule has 2 rings (SSSR count). The van der Waals surface area contributed by atoms with Crippen LogP contribution in [0.25, 0.3) is 0 Å². The zero-order chi connectivity index (χ0) is 10.7. The van der Waals surface area contributed by atoms with Gasteiger partial charge in [-0.15, -0.1) is 0 Å². The molecule has 0 bridgehead atoms. The van der Waals surface area contributed by atoms with E-state index in [0.717, 1.165) is 19.0 Å². The van der Waals surface area contributed by atoms with Gasteiger partial charge in [-0.05, 0) is 31.4 Å². The highest BCUT2D eigenvalue weighted by atomic mass is 15.0. The van der Waals surface area contributed by atoms with Gasteiger partial charge >= 0.3 is 0 Å². The molecular weight excluding hydrogens is 184 g/mol. The van der Waals surface area contributed by atoms with Crippen LogP contribution in [0.1, 0.15) is 44.0 Å². The second kappa shape index (κ2) is 4.84. The molecule has 1 aliphatic carbocycles. The summed E-state index contributed by atoms with van der Waals surface area (Å²) in [4.78, 5) is 0. The average molecular weight is 206 g/mol. The summed E-state index contributed by atoms with van der Waals surface area (Å²) in [6.45, 7) is 3.24. The minimum atomic E-state index is 0.768. The van der Waals surface area contributed by atoms with Gasteiger partial charge < -0.3 is 9.88 Å². The van der Waals surface area contributed by atoms with Crippen LogP contribution in [0.15, 0.2) is 12.1 Å². The van der Waals surface area contributed by atoms with Gasteiger partial charge in [0.1, 0.15) is 0 Å². The van der Waals surface area contributed by atoms with Gasteiger partial charge in [0.2, 0.25) is 0 Å². The highest BCUT2D eigenvalue weighted by Crippen LogP contribution is 2.18. The fourth-order valence-corrected chi connectivity index (χ4v) is 2.51. The van der Waals surface area contributed by atoms with Crippen molar-refractivity contribution in [2.45, 2.75) is 51.6 Å². The molecule has 0 aliphatic heterocycles. The maximum absolute atomic E-state index is 3.66. The Kier molecular flexibility index (Phi) is 3.47. The first-order chi connectivity index (χ1) is 7.31. The molecule has 2 heteroatoms. The van der Waals surface area contributed by atoms with Gasteiger partial charge in [-0.25, -0.2) is 0 Å². The van der Waals surface area contributed by atoms with E-state index < -0.39 is 0 Å². The fourth-order valence-electron chi connectivity index (χ4n) is 2.51. The number of nitrogens with one attached hydrogen (secondary N) is 1. The predicted octanol–water partition coefficient (Wildman–Crippen LogP) is 2.62. The van der Waals surface area contributed by atoms with E-state index in [1.807, 2.05) is 0 Å². The fraction of sp³-hybridized carbons (Fsp3) is 0.692. The standard InChI is InChI=1S/C13H22N2/c1-3-12-8-9-13(15(12)2)10-14-11-6-4-5-7-11/h8-9,11,14H,3-7,10H2,1-2H3. The predicted molar refractivity (Wildman–Crippen MR) is 63.9 cm³/mol. The SMILES string of the molecule is CCc1ccc(CNC2CCCC2)n1C. The minimum Gasteiger partial charge on any atom is -0.350 e. The van der Waals surface area contributed by atoms with Crippen molar-refractivity contribution in [1.29, 1.82) is 0 Å². The Morgan fingerprint density at radius 3 is 2.53 bits per heavy atom. The lowest BCUT2D eigenvalue weighted by Gasteiger charge is -2.13. The zero-order valence-corrected chi connectivity index (χ0v) is 9.92. The average Bonchev–Trinajstić information content (AvgIpc) is 2.85. The topological polar surface area (TPSA) is 17.0 Å². The quantitative estimate of drug-likeness (QED) is 0.801. The maximum Gasteiger partial charge on any atom is 0.0361 e. The van der Waals surface area contributed by atoms with Gasteiger partial charge in [0.15, 0.2) is 0 Å². The van der Waals surface area contributed by atoms with E-state index in [2.05, 4.69) is 36.0 Å². The number of aryl methyl sites for hydroxylation is 1. The van der Waals surface area contributed by atoms with E-state index >= 15 is 0 Å². The third-order valence-electron chi connectivity index (χ3n) is 3.62. The zero-order valence-electron chi connectivity index (χ0n) is 9.92. The van der Waals surface area contributed by atoms with Crippen molar-refractivity contribution >= 4 is 0 Å². The summed E-state index contributed by atoms with van der Waals surface area (Å²) >= 11 is 0. The smallest absolute Gasteiger partial charge is 0.0361 e. The van der Waals surface area contributed by atoms with E-state index in [0.29, 0.717) is 0 Å². The molecule has 0 atom stereocenters. The lowest BCUT2D eigenvalue weighted by Crippen LogP contribution is -2.26. The van der Waals surface area contributed by atoms with Crippen molar-refractivity contribution in [3.63, 3.8) is 0 Å². The number of rotatable bonds is 4. The van der Waals surface area contributed by atoms with Gasteiger partial charge in [-0.1, -0.05) is 19.8 Å². The van der Waals surface area contributed by atoms with E-state index in [-0.39, 0.29) is 0 Å². The van der Waals surface area contributed by atoms with E-state index in [4.69, 9.17) is 0 Å². The Labute approximate surface area is 92.7 Å². The molecule has 1 saturated carbocycles. The van der Waals surface area contributed by atoms with Crippen LogP contribution in [0.4, 0.5) is 0 Å². The normalized spacial score (nSPS) is 17.5. The Bertz CT molecular complexity index is 308. The van der Waals surface area contributed by atoms with Crippen molar-refractivity contribution in [3.8, 4) is 0 Å². The summed E-state index contributed by atoms with van der Waals surface area (Å²) in [6.07, 6.45) is 6.67. The van der Waals surface area contributed by atoms with Crippen molar-refractivity contribution in [2.75, 3.05) is 0 Å². The van der Waals surface area contributed by atoms with Crippen LogP contribution in [0, 0.1) is 0 Å². The Hall–Kier alpha value is -0.760. The van der Waals surface area contributed by atoms with Crippen LogP contribution in [-0.2, 0) is 20.0 Å². The van der Waals surface area contributed by atoms with Crippen LogP contribution < -0.4 is 5.32 Å². The van der Waals surface area contributed by atoms with Crippen LogP contribution >= 0.6 is 0 Å². The number of hydrogen-bond acceptors (Lipinski definition) is 1. The molecule has 1 aromatic heterocycles. The molecule has 84 valence electrons. The molecule has 0 aromatic carbocycles. The van der Waals surface area contributed by atoms with Crippen LogP contribution in [-0.4, -0.2) is 10.6 Å². The Morgan fingerprint density at radius 2 is 1.93 bits per heavy atom. The number of aromatic nitrogens is 1. The van der Waals surface area contributed by atoms with Crippen molar-refractivity contribution in [1.82, 2.24) is 9.88 Å². The minimum absolute atomic E-state index is 0.768. The second-order valence-corrected chi connectivity index (χ2v) is 4.59. The van der Waals surface area contributed by atoms with Crippen molar-refractivity contribution in [2.24, 2.45) is 7.05 Å². The summed E-state index contributed by atoms with van der Waals surface area (Å²) in [5.41, 5.74) is 2.84. The summed E-state index contributed by atoms with van der Waals surface area (Å²) in [5.74, 6) is 0. The van der Waals surface area contributed by atoms with Gasteiger partial charge in [-0.2, -0.15) is 0 Å². The van der Waals surface area contributed by atoms with Crippen LogP contribution in [0.3, 0.4) is 0 Å².